The predicted octanol–water partition coefficient (Wildman–Crippen LogP) is 1.17. The standard InChI is InChI=1S/C15H27N2O7P/c1-6-11(18)10(2)17-25(21)23-9-15(3,4)13(24-25)14(20)16-8-7-12(19)22-5/h10,13H,6-9H2,1-5H3,(H,16,20)(H,17,21)/t10?,13?,25-/m1/s1. The van der Waals surface area contributed by atoms with E-state index in [2.05, 4.69) is 15.1 Å². The number of ether oxygens (including phenoxy) is 1. The first-order valence-corrected chi connectivity index (χ1v) is 9.67. The first-order chi connectivity index (χ1) is 11.5. The molecule has 1 aliphatic rings. The number of amides is 1. The van der Waals surface area contributed by atoms with Gasteiger partial charge >= 0.3 is 13.7 Å². The van der Waals surface area contributed by atoms with Gasteiger partial charge in [-0.15, -0.1) is 0 Å². The Kier molecular flexibility index (Phi) is 7.74. The summed E-state index contributed by atoms with van der Waals surface area (Å²) in [4.78, 5) is 35.2. The van der Waals surface area contributed by atoms with Crippen molar-refractivity contribution < 1.29 is 32.7 Å². The van der Waals surface area contributed by atoms with Crippen LogP contribution in [0, 0.1) is 5.41 Å². The first-order valence-electron chi connectivity index (χ1n) is 8.12. The average molecular weight is 378 g/mol. The molecule has 2 N–H and O–H groups in total. The lowest BCUT2D eigenvalue weighted by Crippen LogP contribution is -2.51. The van der Waals surface area contributed by atoms with Crippen molar-refractivity contribution in [3.05, 3.63) is 0 Å². The van der Waals surface area contributed by atoms with Crippen LogP contribution < -0.4 is 10.4 Å². The van der Waals surface area contributed by atoms with Crippen molar-refractivity contribution in [3.63, 3.8) is 0 Å². The average Bonchev–Trinajstić information content (AvgIpc) is 2.56. The number of carbonyl (C=O) groups excluding carboxylic acids is 3. The molecule has 0 bridgehead atoms. The normalized spacial score (nSPS) is 26.5. The molecule has 0 aromatic rings. The monoisotopic (exact) mass is 378 g/mol. The molecule has 10 heteroatoms. The van der Waals surface area contributed by atoms with Crippen molar-refractivity contribution in [2.75, 3.05) is 20.3 Å². The van der Waals surface area contributed by atoms with Crippen LogP contribution in [-0.2, 0) is 32.7 Å². The highest BCUT2D eigenvalue weighted by atomic mass is 31.2. The van der Waals surface area contributed by atoms with Gasteiger partial charge in [0.05, 0.1) is 26.2 Å². The van der Waals surface area contributed by atoms with E-state index < -0.39 is 37.2 Å². The highest BCUT2D eigenvalue weighted by Crippen LogP contribution is 2.53. The maximum Gasteiger partial charge on any atom is 0.406 e. The molecule has 1 rings (SSSR count). The van der Waals surface area contributed by atoms with Crippen LogP contribution in [0.2, 0.25) is 0 Å². The van der Waals surface area contributed by atoms with E-state index in [9.17, 15) is 18.9 Å². The van der Waals surface area contributed by atoms with Crippen molar-refractivity contribution in [2.24, 2.45) is 5.41 Å². The highest BCUT2D eigenvalue weighted by molar-refractivity contribution is 7.51. The Bertz CT molecular complexity index is 564. The summed E-state index contributed by atoms with van der Waals surface area (Å²) in [5.41, 5.74) is -0.733. The van der Waals surface area contributed by atoms with Gasteiger partial charge in [0, 0.05) is 18.4 Å². The number of rotatable bonds is 8. The van der Waals surface area contributed by atoms with Crippen LogP contribution in [0.5, 0.6) is 0 Å². The molecule has 9 nitrogen and oxygen atoms in total. The summed E-state index contributed by atoms with van der Waals surface area (Å²) in [6.45, 7) is 6.82. The van der Waals surface area contributed by atoms with E-state index in [4.69, 9.17) is 9.05 Å². The van der Waals surface area contributed by atoms with E-state index in [0.717, 1.165) is 0 Å². The number of nitrogens with one attached hydrogen (secondary N) is 2. The summed E-state index contributed by atoms with van der Waals surface area (Å²) >= 11 is 0. The van der Waals surface area contributed by atoms with Gasteiger partial charge < -0.3 is 10.1 Å². The molecule has 0 aliphatic carbocycles. The molecule has 25 heavy (non-hydrogen) atoms. The minimum atomic E-state index is -3.81. The third-order valence-electron chi connectivity index (χ3n) is 3.84. The van der Waals surface area contributed by atoms with Gasteiger partial charge in [0.2, 0.25) is 5.91 Å². The van der Waals surface area contributed by atoms with E-state index >= 15 is 0 Å². The summed E-state index contributed by atoms with van der Waals surface area (Å²) < 4.78 is 28.0. The van der Waals surface area contributed by atoms with Gasteiger partial charge in [0.1, 0.15) is 5.78 Å². The Balaban J connectivity index is 2.75. The lowest BCUT2D eigenvalue weighted by atomic mass is 9.87. The molecule has 144 valence electrons. The highest BCUT2D eigenvalue weighted by Gasteiger charge is 2.48. The SMILES string of the molecule is CCC(=O)C(C)N[P@@]1(=O)OCC(C)(C)C(C(=O)NCCC(=O)OC)O1. The second-order valence-corrected chi connectivity index (χ2v) is 8.25. The second kappa shape index (κ2) is 8.89. The Morgan fingerprint density at radius 2 is 2.00 bits per heavy atom. The summed E-state index contributed by atoms with van der Waals surface area (Å²) in [5.74, 6) is -1.10. The smallest absolute Gasteiger partial charge is 0.406 e. The third kappa shape index (κ3) is 6.18. The molecule has 2 unspecified atom stereocenters. The zero-order valence-corrected chi connectivity index (χ0v) is 16.2. The van der Waals surface area contributed by atoms with E-state index in [0.29, 0.717) is 0 Å². The number of methoxy groups -OCH3 is 1. The topological polar surface area (TPSA) is 120 Å². The molecule has 0 radical (unpaired) electrons. The maximum atomic E-state index is 12.7. The van der Waals surface area contributed by atoms with E-state index in [1.165, 1.54) is 7.11 Å². The van der Waals surface area contributed by atoms with Crippen LogP contribution in [0.3, 0.4) is 0 Å². The Labute approximate surface area is 147 Å². The largest absolute Gasteiger partial charge is 0.469 e. The minimum Gasteiger partial charge on any atom is -0.469 e. The minimum absolute atomic E-state index is 0.0133. The first kappa shape index (κ1) is 21.8. The molecule has 1 aliphatic heterocycles. The molecule has 0 saturated carbocycles. The van der Waals surface area contributed by atoms with Crippen LogP contribution in [-0.4, -0.2) is 50.1 Å². The van der Waals surface area contributed by atoms with E-state index in [-0.39, 0.29) is 31.8 Å². The van der Waals surface area contributed by atoms with Crippen LogP contribution in [0.4, 0.5) is 0 Å². The molecular weight excluding hydrogens is 351 g/mol. The number of hydrogen-bond acceptors (Lipinski definition) is 7. The quantitative estimate of drug-likeness (QED) is 0.477. The molecular formula is C15H27N2O7P. The Morgan fingerprint density at radius 1 is 1.36 bits per heavy atom. The van der Waals surface area contributed by atoms with Crippen LogP contribution in [0.1, 0.15) is 40.5 Å². The molecule has 0 aromatic carbocycles. The van der Waals surface area contributed by atoms with Gasteiger partial charge in [-0.2, -0.15) is 0 Å². The number of Topliss-reactive ketones (excluding diaryl/α,β-unsaturated/α-hetero) is 1. The zero-order chi connectivity index (χ0) is 19.3. The number of esters is 1. The molecule has 0 aromatic heterocycles. The van der Waals surface area contributed by atoms with Gasteiger partial charge in [-0.3, -0.25) is 23.4 Å². The fraction of sp³-hybridized carbons (Fsp3) is 0.800. The summed E-state index contributed by atoms with van der Waals surface area (Å²) in [7, 11) is -2.55. The molecule has 3 atom stereocenters. The van der Waals surface area contributed by atoms with Gasteiger partial charge in [0.25, 0.3) is 0 Å². The third-order valence-corrected chi connectivity index (χ3v) is 5.50. The van der Waals surface area contributed by atoms with Gasteiger partial charge in [-0.1, -0.05) is 20.8 Å². The van der Waals surface area contributed by atoms with Crippen molar-refractivity contribution in [1.82, 2.24) is 10.4 Å². The van der Waals surface area contributed by atoms with Crippen LogP contribution in [0.15, 0.2) is 0 Å². The number of ketones is 1. The fourth-order valence-corrected chi connectivity index (χ4v) is 4.18. The Hall–Kier alpha value is -1.28. The summed E-state index contributed by atoms with van der Waals surface area (Å²) in [6, 6.07) is -0.722. The van der Waals surface area contributed by atoms with E-state index in [1.807, 2.05) is 0 Å². The van der Waals surface area contributed by atoms with Gasteiger partial charge in [0.15, 0.2) is 6.10 Å². The molecule has 1 saturated heterocycles. The maximum absolute atomic E-state index is 12.7. The molecule has 1 heterocycles. The molecule has 0 spiro atoms. The van der Waals surface area contributed by atoms with Crippen LogP contribution >= 0.6 is 7.75 Å². The molecule has 1 fully saturated rings. The van der Waals surface area contributed by atoms with Crippen LogP contribution in [0.25, 0.3) is 0 Å². The summed E-state index contributed by atoms with van der Waals surface area (Å²) in [5, 5.41) is 5.12. The summed E-state index contributed by atoms with van der Waals surface area (Å²) in [6.07, 6.45) is -0.762. The van der Waals surface area contributed by atoms with Crippen molar-refractivity contribution in [1.29, 1.82) is 0 Å². The lowest BCUT2D eigenvalue weighted by molar-refractivity contribution is -0.141. The van der Waals surface area contributed by atoms with Crippen molar-refractivity contribution >= 4 is 25.4 Å². The van der Waals surface area contributed by atoms with Gasteiger partial charge in [-0.25, -0.2) is 9.65 Å². The van der Waals surface area contributed by atoms with Gasteiger partial charge in [-0.05, 0) is 6.92 Å². The molecule has 1 amide bonds. The Morgan fingerprint density at radius 3 is 2.56 bits per heavy atom. The van der Waals surface area contributed by atoms with Crippen molar-refractivity contribution in [2.45, 2.75) is 52.7 Å². The number of hydrogen-bond donors (Lipinski definition) is 2. The van der Waals surface area contributed by atoms with E-state index in [1.54, 1.807) is 27.7 Å². The predicted molar refractivity (Wildman–Crippen MR) is 89.8 cm³/mol. The van der Waals surface area contributed by atoms with Crippen molar-refractivity contribution in [3.8, 4) is 0 Å². The second-order valence-electron chi connectivity index (χ2n) is 6.53. The number of carbonyl (C=O) groups is 3. The lowest BCUT2D eigenvalue weighted by Gasteiger charge is -2.40. The zero-order valence-electron chi connectivity index (χ0n) is 15.3. The fourth-order valence-electron chi connectivity index (χ4n) is 2.21.